The number of ketones is 1. The second kappa shape index (κ2) is 5.90. The number of rotatable bonds is 4. The molecular weight excluding hydrogens is 370 g/mol. The molecule has 8 heteroatoms. The summed E-state index contributed by atoms with van der Waals surface area (Å²) >= 11 is 10.0. The van der Waals surface area contributed by atoms with Gasteiger partial charge in [0.2, 0.25) is 0 Å². The Hall–Kier alpha value is -1.44. The lowest BCUT2D eigenvalue weighted by Gasteiger charge is -2.05. The summed E-state index contributed by atoms with van der Waals surface area (Å²) in [5.74, 6) is 0.137. The average molecular weight is 377 g/mol. The highest BCUT2D eigenvalue weighted by Crippen LogP contribution is 2.42. The van der Waals surface area contributed by atoms with E-state index in [9.17, 15) is 14.9 Å². The summed E-state index contributed by atoms with van der Waals surface area (Å²) in [4.78, 5) is 22.0. The number of thiophene rings is 1. The van der Waals surface area contributed by atoms with Crippen molar-refractivity contribution in [2.24, 2.45) is 0 Å². The smallest absolute Gasteiger partial charge is 0.323 e. The Morgan fingerprint density at radius 3 is 2.70 bits per heavy atom. The summed E-state index contributed by atoms with van der Waals surface area (Å²) in [6.45, 7) is 1.34. The Bertz CT molecular complexity index is 701. The van der Waals surface area contributed by atoms with Crippen molar-refractivity contribution in [2.45, 2.75) is 6.92 Å². The Balaban J connectivity index is 2.42. The van der Waals surface area contributed by atoms with Crippen LogP contribution >= 0.6 is 38.9 Å². The predicted octanol–water partition coefficient (Wildman–Crippen LogP) is 5.07. The first-order valence-corrected chi connectivity index (χ1v) is 7.29. The Morgan fingerprint density at radius 1 is 1.45 bits per heavy atom. The molecule has 0 radical (unpaired) electrons. The van der Waals surface area contributed by atoms with Crippen molar-refractivity contribution in [2.75, 3.05) is 0 Å². The minimum absolute atomic E-state index is 0.0585. The van der Waals surface area contributed by atoms with Crippen LogP contribution in [0.25, 0.3) is 0 Å². The molecule has 0 saturated heterocycles. The molecule has 1 aromatic heterocycles. The molecule has 104 valence electrons. The van der Waals surface area contributed by atoms with Crippen LogP contribution in [0.1, 0.15) is 16.6 Å². The lowest BCUT2D eigenvalue weighted by molar-refractivity contribution is -0.385. The van der Waals surface area contributed by atoms with Crippen LogP contribution in [-0.2, 0) is 0 Å². The zero-order valence-electron chi connectivity index (χ0n) is 10.1. The molecule has 5 nitrogen and oxygen atoms in total. The van der Waals surface area contributed by atoms with Crippen molar-refractivity contribution in [1.29, 1.82) is 0 Å². The summed E-state index contributed by atoms with van der Waals surface area (Å²) in [5.41, 5.74) is -0.234. The molecule has 0 N–H and O–H groups in total. The molecule has 0 unspecified atom stereocenters. The van der Waals surface area contributed by atoms with Crippen molar-refractivity contribution in [1.82, 2.24) is 0 Å². The third-order valence-corrected chi connectivity index (χ3v) is 4.28. The van der Waals surface area contributed by atoms with Gasteiger partial charge in [0.15, 0.2) is 5.78 Å². The molecule has 0 atom stereocenters. The second-order valence-electron chi connectivity index (χ2n) is 3.77. The van der Waals surface area contributed by atoms with Crippen LogP contribution < -0.4 is 4.74 Å². The summed E-state index contributed by atoms with van der Waals surface area (Å²) in [6.07, 6.45) is 0. The van der Waals surface area contributed by atoms with Crippen LogP contribution in [0, 0.1) is 10.1 Å². The molecule has 0 fully saturated rings. The van der Waals surface area contributed by atoms with E-state index in [-0.39, 0.29) is 21.4 Å². The van der Waals surface area contributed by atoms with Gasteiger partial charge >= 0.3 is 5.69 Å². The van der Waals surface area contributed by atoms with Gasteiger partial charge in [-0.1, -0.05) is 22.9 Å². The zero-order chi connectivity index (χ0) is 14.9. The largest absolute Gasteiger partial charge is 0.439 e. The number of ether oxygens (including phenoxy) is 1. The van der Waals surface area contributed by atoms with Crippen LogP contribution in [0.4, 0.5) is 5.69 Å². The van der Waals surface area contributed by atoms with Gasteiger partial charge in [-0.2, -0.15) is 0 Å². The first-order valence-electron chi connectivity index (χ1n) is 5.30. The molecule has 2 aromatic rings. The van der Waals surface area contributed by atoms with Crippen molar-refractivity contribution >= 4 is 50.3 Å². The minimum Gasteiger partial charge on any atom is -0.439 e. The number of carbonyl (C=O) groups is 1. The SMILES string of the molecule is CC(=O)c1cc([N+](=O)[O-])c(Oc2ccc(Cl)cc2Br)s1. The Morgan fingerprint density at radius 2 is 2.15 bits per heavy atom. The maximum atomic E-state index is 11.3. The monoisotopic (exact) mass is 375 g/mol. The third-order valence-electron chi connectivity index (χ3n) is 2.32. The fourth-order valence-electron chi connectivity index (χ4n) is 1.40. The summed E-state index contributed by atoms with van der Waals surface area (Å²) in [6, 6.07) is 6.02. The van der Waals surface area contributed by atoms with Gasteiger partial charge in [-0.25, -0.2) is 0 Å². The van der Waals surface area contributed by atoms with E-state index in [1.54, 1.807) is 18.2 Å². The number of hydrogen-bond acceptors (Lipinski definition) is 5. The third kappa shape index (κ3) is 3.17. The van der Waals surface area contributed by atoms with Crippen molar-refractivity contribution in [3.63, 3.8) is 0 Å². The van der Waals surface area contributed by atoms with Gasteiger partial charge in [-0.15, -0.1) is 0 Å². The van der Waals surface area contributed by atoms with Crippen molar-refractivity contribution in [3.8, 4) is 10.8 Å². The molecule has 0 aliphatic heterocycles. The molecule has 0 spiro atoms. The van der Waals surface area contributed by atoms with Gasteiger partial charge in [-0.3, -0.25) is 14.9 Å². The topological polar surface area (TPSA) is 69.4 Å². The highest BCUT2D eigenvalue weighted by Gasteiger charge is 2.23. The van der Waals surface area contributed by atoms with Crippen LogP contribution in [-0.4, -0.2) is 10.7 Å². The van der Waals surface area contributed by atoms with Gasteiger partial charge in [0.05, 0.1) is 14.3 Å². The van der Waals surface area contributed by atoms with Crippen LogP contribution in [0.5, 0.6) is 10.8 Å². The molecule has 2 rings (SSSR count). The van der Waals surface area contributed by atoms with E-state index < -0.39 is 4.92 Å². The predicted molar refractivity (Wildman–Crippen MR) is 80.2 cm³/mol. The van der Waals surface area contributed by atoms with Gasteiger partial charge in [0.1, 0.15) is 5.75 Å². The van der Waals surface area contributed by atoms with E-state index in [0.29, 0.717) is 15.2 Å². The fraction of sp³-hybridized carbons (Fsp3) is 0.0833. The molecule has 1 aromatic carbocycles. The van der Waals surface area contributed by atoms with Crippen molar-refractivity contribution in [3.05, 3.63) is 48.8 Å². The average Bonchev–Trinajstić information content (AvgIpc) is 2.77. The number of benzene rings is 1. The fourth-order valence-corrected chi connectivity index (χ4v) is 3.04. The maximum absolute atomic E-state index is 11.3. The Kier molecular flexibility index (Phi) is 4.42. The van der Waals surface area contributed by atoms with Gasteiger partial charge in [0, 0.05) is 11.1 Å². The zero-order valence-corrected chi connectivity index (χ0v) is 13.2. The molecule has 20 heavy (non-hydrogen) atoms. The highest BCUT2D eigenvalue weighted by atomic mass is 79.9. The number of nitrogens with zero attached hydrogens (tertiary/aromatic N) is 1. The van der Waals surface area contributed by atoms with Gasteiger partial charge < -0.3 is 4.74 Å². The number of halogens is 2. The maximum Gasteiger partial charge on any atom is 0.323 e. The van der Waals surface area contributed by atoms with Crippen LogP contribution in [0.2, 0.25) is 5.02 Å². The molecule has 0 amide bonds. The molecule has 0 saturated carbocycles. The number of hydrogen-bond donors (Lipinski definition) is 0. The van der Waals surface area contributed by atoms with E-state index in [2.05, 4.69) is 15.9 Å². The Labute approximate surface area is 131 Å². The molecule has 0 aliphatic rings. The lowest BCUT2D eigenvalue weighted by atomic mass is 10.3. The quantitative estimate of drug-likeness (QED) is 0.424. The van der Waals surface area contributed by atoms with E-state index >= 15 is 0 Å². The molecule has 0 bridgehead atoms. The van der Waals surface area contributed by atoms with E-state index in [0.717, 1.165) is 11.3 Å². The van der Waals surface area contributed by atoms with E-state index in [4.69, 9.17) is 16.3 Å². The summed E-state index contributed by atoms with van der Waals surface area (Å²) in [7, 11) is 0. The molecular formula is C12H7BrClNO4S. The van der Waals surface area contributed by atoms with E-state index in [1.807, 2.05) is 0 Å². The second-order valence-corrected chi connectivity index (χ2v) is 6.08. The van der Waals surface area contributed by atoms with Gasteiger partial charge in [-0.05, 0) is 41.1 Å². The highest BCUT2D eigenvalue weighted by molar-refractivity contribution is 9.10. The normalized spacial score (nSPS) is 10.3. The minimum atomic E-state index is -0.581. The van der Waals surface area contributed by atoms with Crippen LogP contribution in [0.3, 0.4) is 0 Å². The standard InChI is InChI=1S/C12H7BrClNO4S/c1-6(16)11-5-9(15(17)18)12(20-11)19-10-3-2-7(14)4-8(10)13/h2-5H,1H3. The summed E-state index contributed by atoms with van der Waals surface area (Å²) < 4.78 is 6.07. The van der Waals surface area contributed by atoms with Crippen molar-refractivity contribution < 1.29 is 14.5 Å². The number of carbonyl (C=O) groups excluding carboxylic acids is 1. The number of nitro groups is 1. The molecule has 1 heterocycles. The first-order chi connectivity index (χ1) is 9.38. The number of Topliss-reactive ketones (excluding diaryl/α,β-unsaturated/α-hetero) is 1. The lowest BCUT2D eigenvalue weighted by Crippen LogP contribution is -1.90. The van der Waals surface area contributed by atoms with Crippen LogP contribution in [0.15, 0.2) is 28.7 Å². The first kappa shape index (κ1) is 15.0. The molecule has 0 aliphatic carbocycles. The van der Waals surface area contributed by atoms with E-state index in [1.165, 1.54) is 13.0 Å². The summed E-state index contributed by atoms with van der Waals surface area (Å²) in [5, 5.41) is 11.5. The van der Waals surface area contributed by atoms with Gasteiger partial charge in [0.25, 0.3) is 5.06 Å².